The Kier molecular flexibility index (Phi) is 4.16. The highest BCUT2D eigenvalue weighted by molar-refractivity contribution is 6.29. The van der Waals surface area contributed by atoms with Gasteiger partial charge in [-0.15, -0.1) is 0 Å². The lowest BCUT2D eigenvalue weighted by Gasteiger charge is -2.12. The van der Waals surface area contributed by atoms with Crippen LogP contribution in [0.4, 0.5) is 4.79 Å². The molecule has 0 spiro atoms. The topological polar surface area (TPSA) is 95.4 Å². The standard InChI is InChI=1S/C11H13ClN4O3/c12-9-8(13-2-3-14-9)5-15-10(17)7-1-4-16(6-7)11(18)19/h2-3,7H,1,4-6H2,(H,15,17)(H,18,19)/t7-/m0/s1. The van der Waals surface area contributed by atoms with Crippen molar-refractivity contribution in [3.63, 3.8) is 0 Å². The molecule has 0 saturated carbocycles. The predicted molar refractivity (Wildman–Crippen MR) is 66.6 cm³/mol. The van der Waals surface area contributed by atoms with E-state index in [1.165, 1.54) is 17.3 Å². The minimum atomic E-state index is -0.993. The van der Waals surface area contributed by atoms with Gasteiger partial charge in [-0.2, -0.15) is 0 Å². The molecule has 1 saturated heterocycles. The summed E-state index contributed by atoms with van der Waals surface area (Å²) in [5.41, 5.74) is 0.491. The third-order valence-electron chi connectivity index (χ3n) is 2.98. The van der Waals surface area contributed by atoms with Crippen molar-refractivity contribution in [3.05, 3.63) is 23.2 Å². The van der Waals surface area contributed by atoms with Gasteiger partial charge in [-0.3, -0.25) is 9.78 Å². The first kappa shape index (κ1) is 13.5. The molecule has 102 valence electrons. The summed E-state index contributed by atoms with van der Waals surface area (Å²) in [6, 6.07) is 0. The van der Waals surface area contributed by atoms with E-state index >= 15 is 0 Å². The molecule has 8 heteroatoms. The zero-order valence-corrected chi connectivity index (χ0v) is 10.8. The molecule has 0 aromatic carbocycles. The summed E-state index contributed by atoms with van der Waals surface area (Å²) in [5.74, 6) is -0.503. The van der Waals surface area contributed by atoms with E-state index in [0.29, 0.717) is 18.7 Å². The van der Waals surface area contributed by atoms with Crippen molar-refractivity contribution in [2.75, 3.05) is 13.1 Å². The molecule has 2 rings (SSSR count). The Morgan fingerprint density at radius 1 is 1.47 bits per heavy atom. The van der Waals surface area contributed by atoms with E-state index < -0.39 is 6.09 Å². The molecule has 1 aromatic rings. The van der Waals surface area contributed by atoms with Crippen molar-refractivity contribution in [1.82, 2.24) is 20.2 Å². The Balaban J connectivity index is 1.86. The van der Waals surface area contributed by atoms with Gasteiger partial charge < -0.3 is 15.3 Å². The van der Waals surface area contributed by atoms with Crippen LogP contribution in [0.25, 0.3) is 0 Å². The first-order chi connectivity index (χ1) is 9.08. The van der Waals surface area contributed by atoms with E-state index in [2.05, 4.69) is 15.3 Å². The van der Waals surface area contributed by atoms with Crippen LogP contribution in [0.5, 0.6) is 0 Å². The second kappa shape index (κ2) is 5.83. The number of nitrogens with one attached hydrogen (secondary N) is 1. The number of amides is 2. The summed E-state index contributed by atoms with van der Waals surface area (Å²) in [6.45, 7) is 0.809. The van der Waals surface area contributed by atoms with Crippen LogP contribution in [0.3, 0.4) is 0 Å². The minimum Gasteiger partial charge on any atom is -0.465 e. The van der Waals surface area contributed by atoms with E-state index in [1.807, 2.05) is 0 Å². The van der Waals surface area contributed by atoms with Crippen molar-refractivity contribution in [2.45, 2.75) is 13.0 Å². The first-order valence-electron chi connectivity index (χ1n) is 5.79. The van der Waals surface area contributed by atoms with Crippen LogP contribution in [0.15, 0.2) is 12.4 Å². The number of likely N-dealkylation sites (tertiary alicyclic amines) is 1. The Morgan fingerprint density at radius 3 is 2.84 bits per heavy atom. The van der Waals surface area contributed by atoms with Gasteiger partial charge in [-0.25, -0.2) is 9.78 Å². The van der Waals surface area contributed by atoms with Gasteiger partial charge in [-0.05, 0) is 6.42 Å². The monoisotopic (exact) mass is 284 g/mol. The molecule has 1 aliphatic rings. The third kappa shape index (κ3) is 3.31. The van der Waals surface area contributed by atoms with Crippen molar-refractivity contribution in [3.8, 4) is 0 Å². The van der Waals surface area contributed by atoms with Crippen molar-refractivity contribution < 1.29 is 14.7 Å². The fourth-order valence-electron chi connectivity index (χ4n) is 1.93. The van der Waals surface area contributed by atoms with E-state index in [4.69, 9.17) is 16.7 Å². The highest BCUT2D eigenvalue weighted by Crippen LogP contribution is 2.16. The number of aromatic nitrogens is 2. The summed E-state index contributed by atoms with van der Waals surface area (Å²) < 4.78 is 0. The van der Waals surface area contributed by atoms with E-state index in [9.17, 15) is 9.59 Å². The number of hydrogen-bond acceptors (Lipinski definition) is 4. The van der Waals surface area contributed by atoms with E-state index in [1.54, 1.807) is 0 Å². The molecule has 0 aliphatic carbocycles. The van der Waals surface area contributed by atoms with Crippen molar-refractivity contribution >= 4 is 23.6 Å². The largest absolute Gasteiger partial charge is 0.465 e. The van der Waals surface area contributed by atoms with Gasteiger partial charge >= 0.3 is 6.09 Å². The minimum absolute atomic E-state index is 0.189. The van der Waals surface area contributed by atoms with Crippen LogP contribution in [0, 0.1) is 5.92 Å². The van der Waals surface area contributed by atoms with Crippen LogP contribution in [-0.4, -0.2) is 45.1 Å². The van der Waals surface area contributed by atoms with Crippen LogP contribution in [0.2, 0.25) is 5.15 Å². The summed E-state index contributed by atoms with van der Waals surface area (Å²) in [5, 5.41) is 11.8. The third-order valence-corrected chi connectivity index (χ3v) is 3.30. The molecular weight excluding hydrogens is 272 g/mol. The lowest BCUT2D eigenvalue weighted by atomic mass is 10.1. The Bertz CT molecular complexity index is 497. The van der Waals surface area contributed by atoms with Crippen molar-refractivity contribution in [1.29, 1.82) is 0 Å². The first-order valence-corrected chi connectivity index (χ1v) is 6.16. The molecule has 19 heavy (non-hydrogen) atoms. The molecule has 2 amide bonds. The molecule has 0 unspecified atom stereocenters. The van der Waals surface area contributed by atoms with Gasteiger partial charge in [0, 0.05) is 25.5 Å². The normalized spacial score (nSPS) is 18.4. The quantitative estimate of drug-likeness (QED) is 0.854. The summed E-state index contributed by atoms with van der Waals surface area (Å²) in [4.78, 5) is 31.7. The van der Waals surface area contributed by atoms with Crippen LogP contribution in [0.1, 0.15) is 12.1 Å². The maximum absolute atomic E-state index is 11.9. The van der Waals surface area contributed by atoms with E-state index in [0.717, 1.165) is 0 Å². The molecule has 0 bridgehead atoms. The summed E-state index contributed by atoms with van der Waals surface area (Å²) in [6.07, 6.45) is 2.50. The molecule has 1 fully saturated rings. The Morgan fingerprint density at radius 2 is 2.21 bits per heavy atom. The maximum Gasteiger partial charge on any atom is 0.407 e. The fraction of sp³-hybridized carbons (Fsp3) is 0.455. The van der Waals surface area contributed by atoms with Gasteiger partial charge in [0.1, 0.15) is 0 Å². The molecule has 1 aliphatic heterocycles. The number of carbonyl (C=O) groups excluding carboxylic acids is 1. The van der Waals surface area contributed by atoms with Crippen LogP contribution >= 0.6 is 11.6 Å². The van der Waals surface area contributed by atoms with Gasteiger partial charge in [0.25, 0.3) is 0 Å². The molecule has 1 atom stereocenters. The number of hydrogen-bond donors (Lipinski definition) is 2. The molecular formula is C11H13ClN4O3. The molecule has 1 aromatic heterocycles. The fourth-order valence-corrected chi connectivity index (χ4v) is 2.10. The summed E-state index contributed by atoms with van der Waals surface area (Å²) >= 11 is 5.82. The van der Waals surface area contributed by atoms with Gasteiger partial charge in [-0.1, -0.05) is 11.6 Å². The molecule has 7 nitrogen and oxygen atoms in total. The highest BCUT2D eigenvalue weighted by atomic mass is 35.5. The lowest BCUT2D eigenvalue weighted by Crippen LogP contribution is -2.34. The Labute approximate surface area is 114 Å². The van der Waals surface area contributed by atoms with Crippen LogP contribution in [-0.2, 0) is 11.3 Å². The lowest BCUT2D eigenvalue weighted by molar-refractivity contribution is -0.124. The van der Waals surface area contributed by atoms with Gasteiger partial charge in [0.15, 0.2) is 5.15 Å². The number of carboxylic acid groups (broad SMARTS) is 1. The zero-order chi connectivity index (χ0) is 13.8. The van der Waals surface area contributed by atoms with E-state index in [-0.39, 0.29) is 30.1 Å². The Hall–Kier alpha value is -1.89. The second-order valence-electron chi connectivity index (χ2n) is 4.23. The van der Waals surface area contributed by atoms with Crippen LogP contribution < -0.4 is 5.32 Å². The smallest absolute Gasteiger partial charge is 0.407 e. The average molecular weight is 285 g/mol. The second-order valence-corrected chi connectivity index (χ2v) is 4.58. The predicted octanol–water partition coefficient (Wildman–Crippen LogP) is 0.746. The highest BCUT2D eigenvalue weighted by Gasteiger charge is 2.30. The molecule has 2 heterocycles. The van der Waals surface area contributed by atoms with Gasteiger partial charge in [0.05, 0.1) is 18.2 Å². The molecule has 0 radical (unpaired) electrons. The zero-order valence-electron chi connectivity index (χ0n) is 10.0. The van der Waals surface area contributed by atoms with Crippen molar-refractivity contribution in [2.24, 2.45) is 5.92 Å². The maximum atomic E-state index is 11.9. The number of carbonyl (C=O) groups is 2. The number of halogens is 1. The summed E-state index contributed by atoms with van der Waals surface area (Å²) in [7, 11) is 0. The number of rotatable bonds is 3. The SMILES string of the molecule is O=C(NCc1nccnc1Cl)[C@H]1CCN(C(=O)O)C1. The van der Waals surface area contributed by atoms with Gasteiger partial charge in [0.2, 0.25) is 5.91 Å². The molecule has 2 N–H and O–H groups in total. The average Bonchev–Trinajstić information content (AvgIpc) is 2.87. The number of nitrogens with zero attached hydrogens (tertiary/aromatic N) is 3.